The molecule has 2 rings (SSSR count). The first-order valence-corrected chi connectivity index (χ1v) is 10.1. The van der Waals surface area contributed by atoms with Crippen LogP contribution >= 0.6 is 0 Å². The molecule has 0 spiro atoms. The Bertz CT molecular complexity index is 790. The van der Waals surface area contributed by atoms with Crippen molar-refractivity contribution in [3.05, 3.63) is 23.8 Å². The summed E-state index contributed by atoms with van der Waals surface area (Å²) in [5, 5.41) is 0. The number of ether oxygens (including phenoxy) is 2. The molecule has 7 nitrogen and oxygen atoms in total. The van der Waals surface area contributed by atoms with Crippen LogP contribution < -0.4 is 9.46 Å². The molecule has 1 aliphatic rings. The molecule has 0 unspecified atom stereocenters. The molecule has 158 valence electrons. The lowest BCUT2D eigenvalue weighted by molar-refractivity contribution is -0.148. The van der Waals surface area contributed by atoms with E-state index in [9.17, 15) is 26.4 Å². The number of halogens is 3. The number of esters is 1. The van der Waals surface area contributed by atoms with E-state index in [0.29, 0.717) is 12.8 Å². The maximum Gasteiger partial charge on any atom is 0.401 e. The van der Waals surface area contributed by atoms with Crippen molar-refractivity contribution in [3.63, 3.8) is 0 Å². The number of likely N-dealkylation sites (tertiary alicyclic amines) is 1. The van der Waals surface area contributed by atoms with Gasteiger partial charge in [-0.05, 0) is 50.0 Å². The monoisotopic (exact) mass is 424 g/mol. The van der Waals surface area contributed by atoms with Crippen LogP contribution in [0.4, 0.5) is 13.2 Å². The fourth-order valence-electron chi connectivity index (χ4n) is 3.04. The number of nitrogens with zero attached hydrogens (tertiary/aromatic N) is 1. The Morgan fingerprint density at radius 2 is 1.89 bits per heavy atom. The minimum atomic E-state index is -4.24. The molecule has 0 atom stereocenters. The lowest BCUT2D eigenvalue weighted by atomic mass is 9.97. The Kier molecular flexibility index (Phi) is 7.29. The minimum Gasteiger partial charge on any atom is -0.495 e. The molecular weight excluding hydrogens is 401 g/mol. The normalized spacial score (nSPS) is 16.8. The van der Waals surface area contributed by atoms with Gasteiger partial charge in [0.25, 0.3) is 0 Å². The van der Waals surface area contributed by atoms with Gasteiger partial charge in [0.05, 0.1) is 26.3 Å². The van der Waals surface area contributed by atoms with E-state index >= 15 is 0 Å². The largest absolute Gasteiger partial charge is 0.495 e. The zero-order valence-electron chi connectivity index (χ0n) is 15.6. The first-order chi connectivity index (χ1) is 13.1. The third kappa shape index (κ3) is 6.08. The Balaban J connectivity index is 2.02. The predicted molar refractivity (Wildman–Crippen MR) is 94.7 cm³/mol. The molecule has 0 aromatic heterocycles. The summed E-state index contributed by atoms with van der Waals surface area (Å²) in [7, 11) is -1.49. The number of hydrogen-bond acceptors (Lipinski definition) is 6. The fourth-order valence-corrected chi connectivity index (χ4v) is 4.35. The van der Waals surface area contributed by atoms with Crippen LogP contribution in [0, 0.1) is 5.92 Å². The average molecular weight is 424 g/mol. The van der Waals surface area contributed by atoms with E-state index in [1.54, 1.807) is 0 Å². The molecule has 1 aliphatic heterocycles. The highest BCUT2D eigenvalue weighted by molar-refractivity contribution is 7.89. The zero-order valence-corrected chi connectivity index (χ0v) is 16.4. The predicted octanol–water partition coefficient (Wildman–Crippen LogP) is 2.03. The summed E-state index contributed by atoms with van der Waals surface area (Å²) in [6, 6.07) is 3.91. The summed E-state index contributed by atoms with van der Waals surface area (Å²) in [5.41, 5.74) is 0.0594. The lowest BCUT2D eigenvalue weighted by Crippen LogP contribution is -2.42. The summed E-state index contributed by atoms with van der Waals surface area (Å²) in [4.78, 5) is 12.8. The Hall–Kier alpha value is -1.85. The van der Waals surface area contributed by atoms with Crippen molar-refractivity contribution in [2.24, 2.45) is 5.92 Å². The van der Waals surface area contributed by atoms with Gasteiger partial charge < -0.3 is 9.47 Å². The maximum atomic E-state index is 12.7. The number of hydrogen-bond donors (Lipinski definition) is 1. The first kappa shape index (κ1) is 22.4. The summed E-state index contributed by atoms with van der Waals surface area (Å²) in [6.45, 7) is -0.350. The molecule has 1 heterocycles. The highest BCUT2D eigenvalue weighted by Gasteiger charge is 2.33. The molecule has 1 aromatic carbocycles. The van der Waals surface area contributed by atoms with E-state index in [0.717, 1.165) is 0 Å². The van der Waals surface area contributed by atoms with Crippen LogP contribution in [0.25, 0.3) is 0 Å². The first-order valence-electron chi connectivity index (χ1n) is 8.61. The Morgan fingerprint density at radius 1 is 1.25 bits per heavy atom. The SMILES string of the molecule is COC(=O)c1ccc(OC)c(S(=O)(=O)NCC2CCN(CC(F)(F)F)CC2)c1. The number of sulfonamides is 1. The van der Waals surface area contributed by atoms with Crippen LogP contribution in [-0.4, -0.2) is 65.9 Å². The smallest absolute Gasteiger partial charge is 0.401 e. The van der Waals surface area contributed by atoms with Gasteiger partial charge in [-0.25, -0.2) is 17.9 Å². The lowest BCUT2D eigenvalue weighted by Gasteiger charge is -2.32. The van der Waals surface area contributed by atoms with E-state index in [1.165, 1.54) is 37.3 Å². The second kappa shape index (κ2) is 9.10. The van der Waals surface area contributed by atoms with Gasteiger partial charge in [0.2, 0.25) is 10.0 Å². The molecule has 0 amide bonds. The van der Waals surface area contributed by atoms with Crippen LogP contribution in [-0.2, 0) is 14.8 Å². The Morgan fingerprint density at radius 3 is 2.43 bits per heavy atom. The van der Waals surface area contributed by atoms with Crippen LogP contribution in [0.2, 0.25) is 0 Å². The van der Waals surface area contributed by atoms with Gasteiger partial charge in [-0.1, -0.05) is 0 Å². The second-order valence-corrected chi connectivity index (χ2v) is 8.28. The minimum absolute atomic E-state index is 0.0594. The molecule has 11 heteroatoms. The Labute approximate surface area is 161 Å². The van der Waals surface area contributed by atoms with Crippen molar-refractivity contribution in [1.29, 1.82) is 0 Å². The van der Waals surface area contributed by atoms with Crippen LogP contribution in [0.5, 0.6) is 5.75 Å². The van der Waals surface area contributed by atoms with Crippen molar-refractivity contribution in [2.75, 3.05) is 40.4 Å². The molecule has 1 N–H and O–H groups in total. The third-order valence-electron chi connectivity index (χ3n) is 4.55. The molecule has 0 radical (unpaired) electrons. The van der Waals surface area contributed by atoms with Gasteiger partial charge in [0.1, 0.15) is 10.6 Å². The van der Waals surface area contributed by atoms with Gasteiger partial charge in [0.15, 0.2) is 0 Å². The molecule has 1 aromatic rings. The highest BCUT2D eigenvalue weighted by atomic mass is 32.2. The van der Waals surface area contributed by atoms with E-state index in [-0.39, 0.29) is 41.8 Å². The molecule has 0 bridgehead atoms. The zero-order chi connectivity index (χ0) is 20.9. The number of nitrogens with one attached hydrogen (secondary N) is 1. The van der Waals surface area contributed by atoms with Gasteiger partial charge >= 0.3 is 12.1 Å². The highest BCUT2D eigenvalue weighted by Crippen LogP contribution is 2.26. The van der Waals surface area contributed by atoms with E-state index in [4.69, 9.17) is 4.74 Å². The molecule has 1 fully saturated rings. The third-order valence-corrected chi connectivity index (χ3v) is 5.99. The van der Waals surface area contributed by atoms with Crippen molar-refractivity contribution in [2.45, 2.75) is 23.9 Å². The number of benzene rings is 1. The summed E-state index contributed by atoms with van der Waals surface area (Å²) >= 11 is 0. The van der Waals surface area contributed by atoms with E-state index in [2.05, 4.69) is 9.46 Å². The molecular formula is C17H23F3N2O5S. The van der Waals surface area contributed by atoms with Crippen LogP contribution in [0.3, 0.4) is 0 Å². The second-order valence-electron chi connectivity index (χ2n) is 6.54. The molecule has 0 aliphatic carbocycles. The maximum absolute atomic E-state index is 12.7. The van der Waals surface area contributed by atoms with Crippen molar-refractivity contribution >= 4 is 16.0 Å². The number of carbonyl (C=O) groups is 1. The number of methoxy groups -OCH3 is 2. The van der Waals surface area contributed by atoms with Gasteiger partial charge in [-0.3, -0.25) is 4.90 Å². The van der Waals surface area contributed by atoms with Gasteiger partial charge in [0, 0.05) is 6.54 Å². The summed E-state index contributed by atoms with van der Waals surface area (Å²) in [6.07, 6.45) is -3.33. The van der Waals surface area contributed by atoms with Crippen molar-refractivity contribution in [3.8, 4) is 5.75 Å². The van der Waals surface area contributed by atoms with E-state index < -0.39 is 28.7 Å². The fraction of sp³-hybridized carbons (Fsp3) is 0.588. The number of alkyl halides is 3. The number of carbonyl (C=O) groups excluding carboxylic acids is 1. The van der Waals surface area contributed by atoms with Crippen LogP contribution in [0.1, 0.15) is 23.2 Å². The summed E-state index contributed by atoms with van der Waals surface area (Å²) in [5.74, 6) is -0.690. The summed E-state index contributed by atoms with van der Waals surface area (Å²) < 4.78 is 74.8. The number of rotatable bonds is 7. The van der Waals surface area contributed by atoms with E-state index in [1.807, 2.05) is 0 Å². The topological polar surface area (TPSA) is 84.9 Å². The van der Waals surface area contributed by atoms with Crippen molar-refractivity contribution < 1.29 is 35.9 Å². The average Bonchev–Trinajstić information content (AvgIpc) is 2.65. The van der Waals surface area contributed by atoms with Crippen molar-refractivity contribution in [1.82, 2.24) is 9.62 Å². The standard InChI is InChI=1S/C17H23F3N2O5S/c1-26-14-4-3-13(16(23)27-2)9-15(14)28(24,25)21-10-12-5-7-22(8-6-12)11-17(18,19)20/h3-4,9,12,21H,5-8,10-11H2,1-2H3. The molecule has 28 heavy (non-hydrogen) atoms. The van der Waals surface area contributed by atoms with Gasteiger partial charge in [-0.15, -0.1) is 0 Å². The molecule has 1 saturated heterocycles. The van der Waals surface area contributed by atoms with Gasteiger partial charge in [-0.2, -0.15) is 13.2 Å². The quantitative estimate of drug-likeness (QED) is 0.675. The molecule has 0 saturated carbocycles. The van der Waals surface area contributed by atoms with Crippen LogP contribution in [0.15, 0.2) is 23.1 Å². The number of piperidine rings is 1.